The number of hydrogen-bond acceptors (Lipinski definition) is 5. The predicted molar refractivity (Wildman–Crippen MR) is 55.2 cm³/mol. The smallest absolute Gasteiger partial charge is 0.353 e. The van der Waals surface area contributed by atoms with Crippen LogP contribution in [0.15, 0.2) is 24.3 Å². The molecular formula is C9H9NO5S. The molecule has 6 nitrogen and oxygen atoms in total. The van der Waals surface area contributed by atoms with Crippen LogP contribution in [0.4, 0.5) is 0 Å². The molecule has 86 valence electrons. The number of nitrogens with two attached hydrogens (primary N) is 1. The summed E-state index contributed by atoms with van der Waals surface area (Å²) >= 11 is 0. The van der Waals surface area contributed by atoms with Crippen molar-refractivity contribution >= 4 is 22.0 Å². The van der Waals surface area contributed by atoms with Crippen LogP contribution >= 0.6 is 0 Å². The Morgan fingerprint density at radius 1 is 1.25 bits per heavy atom. The second-order valence-corrected chi connectivity index (χ2v) is 4.59. The molecular weight excluding hydrogens is 234 g/mol. The van der Waals surface area contributed by atoms with Crippen LogP contribution in [0.2, 0.25) is 0 Å². The lowest BCUT2D eigenvalue weighted by Crippen LogP contribution is -2.14. The number of amides is 1. The molecule has 0 unspecified atom stereocenters. The molecule has 0 spiro atoms. The third-order valence-corrected chi connectivity index (χ3v) is 2.06. The Labute approximate surface area is 92.1 Å². The van der Waals surface area contributed by atoms with Crippen molar-refractivity contribution < 1.29 is 22.2 Å². The van der Waals surface area contributed by atoms with E-state index in [4.69, 9.17) is 5.73 Å². The van der Waals surface area contributed by atoms with Crippen molar-refractivity contribution in [3.05, 3.63) is 35.4 Å². The van der Waals surface area contributed by atoms with Crippen LogP contribution in [-0.2, 0) is 14.3 Å². The third kappa shape index (κ3) is 3.35. The van der Waals surface area contributed by atoms with Gasteiger partial charge in [-0.3, -0.25) is 4.79 Å². The third-order valence-electron chi connectivity index (χ3n) is 1.61. The van der Waals surface area contributed by atoms with Crippen LogP contribution < -0.4 is 5.73 Å². The van der Waals surface area contributed by atoms with Gasteiger partial charge in [0.2, 0.25) is 5.91 Å². The zero-order valence-corrected chi connectivity index (χ0v) is 9.15. The van der Waals surface area contributed by atoms with Gasteiger partial charge in [0.15, 0.2) is 0 Å². The maximum Gasteiger partial charge on any atom is 0.353 e. The van der Waals surface area contributed by atoms with E-state index in [2.05, 4.69) is 4.18 Å². The minimum Gasteiger partial charge on any atom is -0.366 e. The van der Waals surface area contributed by atoms with E-state index in [0.29, 0.717) is 0 Å². The number of primary amides is 1. The van der Waals surface area contributed by atoms with Gasteiger partial charge in [0.1, 0.15) is 0 Å². The Morgan fingerprint density at radius 2 is 1.81 bits per heavy atom. The van der Waals surface area contributed by atoms with Gasteiger partial charge in [0.05, 0.1) is 11.8 Å². The highest BCUT2D eigenvalue weighted by Crippen LogP contribution is 2.07. The topological polar surface area (TPSA) is 104 Å². The van der Waals surface area contributed by atoms with E-state index in [1.807, 2.05) is 0 Å². The first-order valence-electron chi connectivity index (χ1n) is 4.13. The maximum atomic E-state index is 11.3. The van der Waals surface area contributed by atoms with Crippen LogP contribution in [0.3, 0.4) is 0 Å². The van der Waals surface area contributed by atoms with Crippen molar-refractivity contribution in [3.63, 3.8) is 0 Å². The SMILES string of the molecule is CS(=O)(=O)OC(=O)c1cccc(C(N)=O)c1. The number of rotatable bonds is 3. The average molecular weight is 243 g/mol. The van der Waals surface area contributed by atoms with E-state index in [9.17, 15) is 18.0 Å². The zero-order valence-electron chi connectivity index (χ0n) is 8.34. The van der Waals surface area contributed by atoms with E-state index >= 15 is 0 Å². The van der Waals surface area contributed by atoms with Gasteiger partial charge in [-0.1, -0.05) is 6.07 Å². The molecule has 1 amide bonds. The molecule has 0 saturated heterocycles. The predicted octanol–water partition coefficient (Wildman–Crippen LogP) is -0.0981. The van der Waals surface area contributed by atoms with Crippen LogP contribution in [0.1, 0.15) is 20.7 Å². The van der Waals surface area contributed by atoms with Gasteiger partial charge in [-0.05, 0) is 18.2 Å². The summed E-state index contributed by atoms with van der Waals surface area (Å²) in [6, 6.07) is 5.29. The number of benzene rings is 1. The van der Waals surface area contributed by atoms with Crippen LogP contribution in [0.25, 0.3) is 0 Å². The molecule has 0 saturated carbocycles. The minimum atomic E-state index is -3.87. The van der Waals surface area contributed by atoms with Crippen LogP contribution in [-0.4, -0.2) is 26.6 Å². The van der Waals surface area contributed by atoms with E-state index in [0.717, 1.165) is 12.3 Å². The molecule has 0 atom stereocenters. The summed E-state index contributed by atoms with van der Waals surface area (Å²) < 4.78 is 25.5. The summed E-state index contributed by atoms with van der Waals surface area (Å²) in [5.41, 5.74) is 5.05. The maximum absolute atomic E-state index is 11.3. The van der Waals surface area contributed by atoms with Gasteiger partial charge in [0.25, 0.3) is 0 Å². The molecule has 0 bridgehead atoms. The van der Waals surface area contributed by atoms with E-state index in [1.165, 1.54) is 18.2 Å². The van der Waals surface area contributed by atoms with Crippen molar-refractivity contribution in [1.29, 1.82) is 0 Å². The standard InChI is InChI=1S/C9H9NO5S/c1-16(13,14)15-9(12)7-4-2-3-6(5-7)8(10)11/h2-5H,1H3,(H2,10,11). The van der Waals surface area contributed by atoms with Gasteiger partial charge < -0.3 is 9.92 Å². The Balaban J connectivity index is 3.01. The molecule has 1 aromatic rings. The van der Waals surface area contributed by atoms with E-state index < -0.39 is 22.0 Å². The zero-order chi connectivity index (χ0) is 12.3. The van der Waals surface area contributed by atoms with Gasteiger partial charge in [-0.15, -0.1) is 0 Å². The number of hydrogen-bond donors (Lipinski definition) is 1. The van der Waals surface area contributed by atoms with Gasteiger partial charge in [-0.25, -0.2) is 4.79 Å². The van der Waals surface area contributed by atoms with Gasteiger partial charge in [-0.2, -0.15) is 8.42 Å². The first-order valence-corrected chi connectivity index (χ1v) is 5.95. The van der Waals surface area contributed by atoms with Crippen molar-refractivity contribution in [2.24, 2.45) is 5.73 Å². The molecule has 0 heterocycles. The fraction of sp³-hybridized carbons (Fsp3) is 0.111. The minimum absolute atomic E-state index is 0.0540. The van der Waals surface area contributed by atoms with Crippen LogP contribution in [0, 0.1) is 0 Å². The molecule has 0 aliphatic heterocycles. The molecule has 0 aliphatic rings. The molecule has 7 heteroatoms. The fourth-order valence-corrected chi connectivity index (χ4v) is 1.36. The first-order chi connectivity index (χ1) is 7.29. The summed E-state index contributed by atoms with van der Waals surface area (Å²) in [6.07, 6.45) is 0.753. The quantitative estimate of drug-likeness (QED) is 0.746. The normalized spacial score (nSPS) is 10.8. The summed E-state index contributed by atoms with van der Waals surface area (Å²) in [7, 11) is -3.87. The lowest BCUT2D eigenvalue weighted by atomic mass is 10.1. The lowest BCUT2D eigenvalue weighted by Gasteiger charge is -2.02. The van der Waals surface area contributed by atoms with Crippen molar-refractivity contribution in [3.8, 4) is 0 Å². The molecule has 0 aliphatic carbocycles. The molecule has 0 radical (unpaired) electrons. The molecule has 1 rings (SSSR count). The second-order valence-electron chi connectivity index (χ2n) is 3.02. The Bertz CT molecular complexity index is 535. The van der Waals surface area contributed by atoms with Gasteiger partial charge in [0, 0.05) is 5.56 Å². The van der Waals surface area contributed by atoms with Gasteiger partial charge >= 0.3 is 16.1 Å². The van der Waals surface area contributed by atoms with E-state index in [-0.39, 0.29) is 11.1 Å². The Kier molecular flexibility index (Phi) is 3.28. The highest BCUT2D eigenvalue weighted by Gasteiger charge is 2.14. The van der Waals surface area contributed by atoms with Crippen LogP contribution in [0.5, 0.6) is 0 Å². The van der Waals surface area contributed by atoms with Crippen molar-refractivity contribution in [2.45, 2.75) is 0 Å². The Morgan fingerprint density at radius 3 is 2.31 bits per heavy atom. The van der Waals surface area contributed by atoms with Crippen molar-refractivity contribution in [1.82, 2.24) is 0 Å². The second kappa shape index (κ2) is 4.31. The Hall–Kier alpha value is -1.89. The number of carbonyl (C=O) groups is 2. The highest BCUT2D eigenvalue weighted by atomic mass is 32.2. The molecule has 0 aromatic heterocycles. The average Bonchev–Trinajstić information content (AvgIpc) is 2.15. The molecule has 0 fully saturated rings. The lowest BCUT2D eigenvalue weighted by molar-refractivity contribution is 0.0748. The summed E-state index contributed by atoms with van der Waals surface area (Å²) in [5, 5.41) is 0. The largest absolute Gasteiger partial charge is 0.366 e. The summed E-state index contributed by atoms with van der Waals surface area (Å²) in [5.74, 6) is -1.76. The van der Waals surface area contributed by atoms with Crippen molar-refractivity contribution in [2.75, 3.05) is 6.26 Å². The summed E-state index contributed by atoms with van der Waals surface area (Å²) in [4.78, 5) is 22.1. The molecule has 1 aromatic carbocycles. The molecule has 2 N–H and O–H groups in total. The fourth-order valence-electron chi connectivity index (χ4n) is 0.985. The molecule has 16 heavy (non-hydrogen) atoms. The highest BCUT2D eigenvalue weighted by molar-refractivity contribution is 7.86. The monoisotopic (exact) mass is 243 g/mol. The first kappa shape index (κ1) is 12.2. The summed E-state index contributed by atoms with van der Waals surface area (Å²) in [6.45, 7) is 0. The number of carbonyl (C=O) groups excluding carboxylic acids is 2. The van der Waals surface area contributed by atoms with E-state index in [1.54, 1.807) is 0 Å².